The fraction of sp³-hybridized carbons (Fsp3) is 0.280. The minimum absolute atomic E-state index is 0.125. The number of amides is 2. The lowest BCUT2D eigenvalue weighted by Crippen LogP contribution is -2.29. The zero-order chi connectivity index (χ0) is 24.0. The minimum atomic E-state index is -0.371. The maximum Gasteiger partial charge on any atom is 0.251 e. The number of nitrogens with one attached hydrogen (secondary N) is 2. The number of thioether (sulfide) groups is 1. The number of hydrogen-bond donors (Lipinski definition) is 2. The molecule has 0 saturated carbocycles. The van der Waals surface area contributed by atoms with E-state index in [9.17, 15) is 9.59 Å². The second-order valence-corrected chi connectivity index (χ2v) is 8.96. The van der Waals surface area contributed by atoms with Gasteiger partial charge in [0, 0.05) is 17.8 Å². The number of aromatic nitrogens is 3. The quantitative estimate of drug-likeness (QED) is 0.357. The number of rotatable bonds is 9. The Kier molecular flexibility index (Phi) is 8.06. The van der Waals surface area contributed by atoms with Crippen LogP contribution in [0.15, 0.2) is 60.3 Å². The Morgan fingerprint density at radius 1 is 1.09 bits per heavy atom. The first-order valence-corrected chi connectivity index (χ1v) is 11.7. The lowest BCUT2D eigenvalue weighted by atomic mass is 10.1. The highest BCUT2D eigenvalue weighted by molar-refractivity contribution is 7.99. The Balaban J connectivity index is 1.67. The van der Waals surface area contributed by atoms with Crippen molar-refractivity contribution in [1.29, 1.82) is 0 Å². The standard InChI is InChI=1S/C25H29N5O2S/c1-6-10-30-23(19(5)26-24(32)20-9-7-8-16(2)12-20)28-29-25(30)33-15-22(31)27-21-13-17(3)11-18(4)14-21/h6-9,11-14,19H,1,10,15H2,2-5H3,(H,26,32)(H,27,31)/t19-/m1/s1. The van der Waals surface area contributed by atoms with Gasteiger partial charge in [0.25, 0.3) is 5.91 Å². The van der Waals surface area contributed by atoms with Gasteiger partial charge in [-0.05, 0) is 63.1 Å². The predicted molar refractivity (Wildman–Crippen MR) is 133 cm³/mol. The van der Waals surface area contributed by atoms with Crippen LogP contribution in [0.4, 0.5) is 5.69 Å². The van der Waals surface area contributed by atoms with Crippen LogP contribution >= 0.6 is 11.8 Å². The van der Waals surface area contributed by atoms with Gasteiger partial charge in [0.05, 0.1) is 11.8 Å². The average Bonchev–Trinajstić information content (AvgIpc) is 3.14. The number of carbonyl (C=O) groups is 2. The molecule has 0 bridgehead atoms. The molecule has 0 aliphatic rings. The molecule has 0 saturated heterocycles. The Labute approximate surface area is 198 Å². The zero-order valence-electron chi connectivity index (χ0n) is 19.4. The van der Waals surface area contributed by atoms with Crippen molar-refractivity contribution in [3.8, 4) is 0 Å². The highest BCUT2D eigenvalue weighted by Gasteiger charge is 2.20. The van der Waals surface area contributed by atoms with Crippen LogP contribution in [0.5, 0.6) is 0 Å². The summed E-state index contributed by atoms with van der Waals surface area (Å²) in [5.41, 5.74) is 4.57. The summed E-state index contributed by atoms with van der Waals surface area (Å²) in [5, 5.41) is 15.0. The smallest absolute Gasteiger partial charge is 0.251 e. The number of anilines is 1. The van der Waals surface area contributed by atoms with Crippen LogP contribution in [-0.4, -0.2) is 32.3 Å². The van der Waals surface area contributed by atoms with Crippen molar-refractivity contribution in [2.75, 3.05) is 11.1 Å². The van der Waals surface area contributed by atoms with Crippen molar-refractivity contribution in [2.24, 2.45) is 0 Å². The summed E-state index contributed by atoms with van der Waals surface area (Å²) in [5.74, 6) is 0.488. The van der Waals surface area contributed by atoms with Crippen LogP contribution in [0, 0.1) is 20.8 Å². The number of aryl methyl sites for hydroxylation is 3. The number of benzene rings is 2. The second kappa shape index (κ2) is 11.0. The van der Waals surface area contributed by atoms with E-state index in [-0.39, 0.29) is 23.6 Å². The molecule has 172 valence electrons. The molecule has 0 fully saturated rings. The lowest BCUT2D eigenvalue weighted by Gasteiger charge is -2.15. The Morgan fingerprint density at radius 3 is 2.48 bits per heavy atom. The third kappa shape index (κ3) is 6.55. The molecule has 0 aliphatic carbocycles. The van der Waals surface area contributed by atoms with Crippen molar-refractivity contribution >= 4 is 29.3 Å². The molecule has 33 heavy (non-hydrogen) atoms. The topological polar surface area (TPSA) is 88.9 Å². The maximum absolute atomic E-state index is 12.6. The van der Waals surface area contributed by atoms with Crippen LogP contribution in [-0.2, 0) is 11.3 Å². The largest absolute Gasteiger partial charge is 0.342 e. The molecule has 2 amide bonds. The molecule has 0 spiro atoms. The Hall–Kier alpha value is -3.39. The van der Waals surface area contributed by atoms with E-state index in [1.54, 1.807) is 12.1 Å². The number of hydrogen-bond acceptors (Lipinski definition) is 5. The van der Waals surface area contributed by atoms with Crippen molar-refractivity contribution in [3.05, 3.63) is 83.2 Å². The molecule has 1 atom stereocenters. The molecule has 8 heteroatoms. The van der Waals surface area contributed by atoms with Crippen molar-refractivity contribution in [1.82, 2.24) is 20.1 Å². The Bertz CT molecular complexity index is 1150. The van der Waals surface area contributed by atoms with Crippen LogP contribution in [0.1, 0.15) is 45.8 Å². The van der Waals surface area contributed by atoms with E-state index in [0.717, 1.165) is 22.4 Å². The maximum atomic E-state index is 12.6. The number of allylic oxidation sites excluding steroid dienone is 1. The molecule has 2 N–H and O–H groups in total. The third-order valence-corrected chi connectivity index (χ3v) is 5.88. The van der Waals surface area contributed by atoms with E-state index < -0.39 is 0 Å². The highest BCUT2D eigenvalue weighted by Crippen LogP contribution is 2.22. The Morgan fingerprint density at radius 2 is 1.82 bits per heavy atom. The molecule has 1 heterocycles. The fourth-order valence-electron chi connectivity index (χ4n) is 3.53. The van der Waals surface area contributed by atoms with E-state index in [2.05, 4.69) is 33.5 Å². The third-order valence-electron chi connectivity index (χ3n) is 4.91. The van der Waals surface area contributed by atoms with E-state index in [4.69, 9.17) is 0 Å². The van der Waals surface area contributed by atoms with Gasteiger partial charge < -0.3 is 15.2 Å². The van der Waals surface area contributed by atoms with Crippen LogP contribution in [0.2, 0.25) is 0 Å². The predicted octanol–water partition coefficient (Wildman–Crippen LogP) is 4.61. The molecule has 0 aliphatic heterocycles. The number of carbonyl (C=O) groups excluding carboxylic acids is 2. The summed E-state index contributed by atoms with van der Waals surface area (Å²) in [4.78, 5) is 25.1. The first kappa shape index (κ1) is 24.3. The lowest BCUT2D eigenvalue weighted by molar-refractivity contribution is -0.113. The summed E-state index contributed by atoms with van der Waals surface area (Å²) in [6, 6.07) is 13.0. The average molecular weight is 464 g/mol. The van der Waals surface area contributed by atoms with Crippen molar-refractivity contribution in [2.45, 2.75) is 45.4 Å². The van der Waals surface area contributed by atoms with Crippen LogP contribution < -0.4 is 10.6 Å². The van der Waals surface area contributed by atoms with E-state index in [0.29, 0.717) is 23.1 Å². The summed E-state index contributed by atoms with van der Waals surface area (Å²) in [6.45, 7) is 12.1. The molecule has 1 aromatic heterocycles. The van der Waals surface area contributed by atoms with E-state index in [1.807, 2.05) is 62.6 Å². The van der Waals surface area contributed by atoms with E-state index >= 15 is 0 Å². The van der Waals surface area contributed by atoms with Gasteiger partial charge in [-0.2, -0.15) is 0 Å². The van der Waals surface area contributed by atoms with Gasteiger partial charge in [-0.3, -0.25) is 9.59 Å². The zero-order valence-corrected chi connectivity index (χ0v) is 20.2. The molecule has 0 radical (unpaired) electrons. The molecular formula is C25H29N5O2S. The van der Waals surface area contributed by atoms with Gasteiger partial charge in [0.2, 0.25) is 5.91 Å². The number of nitrogens with zero attached hydrogens (tertiary/aromatic N) is 3. The van der Waals surface area contributed by atoms with Gasteiger partial charge in [-0.1, -0.05) is 41.6 Å². The highest BCUT2D eigenvalue weighted by atomic mass is 32.2. The summed E-state index contributed by atoms with van der Waals surface area (Å²) < 4.78 is 1.86. The van der Waals surface area contributed by atoms with Gasteiger partial charge in [0.1, 0.15) is 0 Å². The van der Waals surface area contributed by atoms with Gasteiger partial charge in [-0.15, -0.1) is 16.8 Å². The second-order valence-electron chi connectivity index (χ2n) is 8.02. The molecule has 0 unspecified atom stereocenters. The van der Waals surface area contributed by atoms with Crippen molar-refractivity contribution < 1.29 is 9.59 Å². The molecule has 3 aromatic rings. The molecular weight excluding hydrogens is 434 g/mol. The first-order chi connectivity index (χ1) is 15.8. The van der Waals surface area contributed by atoms with Gasteiger partial charge >= 0.3 is 0 Å². The molecule has 7 nitrogen and oxygen atoms in total. The fourth-order valence-corrected chi connectivity index (χ4v) is 4.29. The summed E-state index contributed by atoms with van der Waals surface area (Å²) in [7, 11) is 0. The first-order valence-electron chi connectivity index (χ1n) is 10.7. The van der Waals surface area contributed by atoms with Crippen LogP contribution in [0.3, 0.4) is 0 Å². The molecule has 2 aromatic carbocycles. The summed E-state index contributed by atoms with van der Waals surface area (Å²) >= 11 is 1.30. The van der Waals surface area contributed by atoms with Gasteiger partial charge in [-0.25, -0.2) is 0 Å². The SMILES string of the molecule is C=CCn1c(SCC(=O)Nc2cc(C)cc(C)c2)nnc1[C@@H](C)NC(=O)c1cccc(C)c1. The minimum Gasteiger partial charge on any atom is -0.342 e. The monoisotopic (exact) mass is 463 g/mol. The van der Waals surface area contributed by atoms with E-state index in [1.165, 1.54) is 11.8 Å². The van der Waals surface area contributed by atoms with Crippen molar-refractivity contribution in [3.63, 3.8) is 0 Å². The summed E-state index contributed by atoms with van der Waals surface area (Å²) in [6.07, 6.45) is 1.74. The van der Waals surface area contributed by atoms with Gasteiger partial charge in [0.15, 0.2) is 11.0 Å². The molecule has 3 rings (SSSR count). The van der Waals surface area contributed by atoms with Crippen LogP contribution in [0.25, 0.3) is 0 Å². The normalized spacial score (nSPS) is 11.6.